The van der Waals surface area contributed by atoms with Crippen LogP contribution < -0.4 is 5.73 Å². The molecule has 2 aromatic rings. The molecule has 19 heavy (non-hydrogen) atoms. The van der Waals surface area contributed by atoms with Gasteiger partial charge in [0.05, 0.1) is 0 Å². The van der Waals surface area contributed by atoms with Crippen LogP contribution in [0, 0.1) is 19.7 Å². The van der Waals surface area contributed by atoms with Gasteiger partial charge in [-0.1, -0.05) is 18.2 Å². The Bertz CT molecular complexity index is 635. The number of halogens is 1. The van der Waals surface area contributed by atoms with Crippen molar-refractivity contribution in [3.05, 3.63) is 64.5 Å². The Morgan fingerprint density at radius 2 is 1.84 bits per heavy atom. The smallest absolute Gasteiger partial charge is 0.169 e. The molecule has 2 nitrogen and oxygen atoms in total. The molecule has 2 aromatic carbocycles. The van der Waals surface area contributed by atoms with Gasteiger partial charge in [-0.15, -0.1) is 0 Å². The molecule has 0 heterocycles. The maximum Gasteiger partial charge on any atom is 0.169 e. The lowest BCUT2D eigenvalue weighted by atomic mass is 9.99. The minimum Gasteiger partial charge on any atom is -0.398 e. The average molecular weight is 257 g/mol. The SMILES string of the molecule is Cc1ccc(CC(=O)c2cc(F)ccc2N)cc1C. The van der Waals surface area contributed by atoms with Gasteiger partial charge in [-0.05, 0) is 48.7 Å². The second-order valence-electron chi connectivity index (χ2n) is 4.75. The van der Waals surface area contributed by atoms with Gasteiger partial charge in [0.2, 0.25) is 0 Å². The Kier molecular flexibility index (Phi) is 3.65. The average Bonchev–Trinajstić information content (AvgIpc) is 2.36. The molecule has 0 spiro atoms. The number of benzene rings is 2. The molecule has 0 bridgehead atoms. The minimum atomic E-state index is -0.447. The van der Waals surface area contributed by atoms with Gasteiger partial charge in [0, 0.05) is 17.7 Å². The topological polar surface area (TPSA) is 43.1 Å². The van der Waals surface area contributed by atoms with E-state index in [9.17, 15) is 9.18 Å². The Labute approximate surface area is 112 Å². The lowest BCUT2D eigenvalue weighted by Gasteiger charge is -2.07. The van der Waals surface area contributed by atoms with E-state index in [-0.39, 0.29) is 17.8 Å². The van der Waals surface area contributed by atoms with Crippen molar-refractivity contribution in [1.82, 2.24) is 0 Å². The quantitative estimate of drug-likeness (QED) is 0.676. The van der Waals surface area contributed by atoms with Crippen molar-refractivity contribution in [3.63, 3.8) is 0 Å². The molecule has 3 heteroatoms. The molecule has 0 aliphatic carbocycles. The third kappa shape index (κ3) is 2.99. The van der Waals surface area contributed by atoms with E-state index < -0.39 is 5.82 Å². The maximum atomic E-state index is 13.2. The van der Waals surface area contributed by atoms with Gasteiger partial charge >= 0.3 is 0 Å². The van der Waals surface area contributed by atoms with E-state index in [1.54, 1.807) is 0 Å². The van der Waals surface area contributed by atoms with Crippen LogP contribution in [-0.4, -0.2) is 5.78 Å². The van der Waals surface area contributed by atoms with Crippen LogP contribution in [-0.2, 0) is 6.42 Å². The molecule has 2 N–H and O–H groups in total. The first-order valence-corrected chi connectivity index (χ1v) is 6.11. The number of hydrogen-bond acceptors (Lipinski definition) is 2. The molecule has 0 atom stereocenters. The molecule has 98 valence electrons. The molecule has 0 unspecified atom stereocenters. The third-order valence-corrected chi connectivity index (χ3v) is 3.25. The molecule has 0 fully saturated rings. The lowest BCUT2D eigenvalue weighted by Crippen LogP contribution is -2.07. The summed E-state index contributed by atoms with van der Waals surface area (Å²) in [5, 5.41) is 0. The second-order valence-corrected chi connectivity index (χ2v) is 4.75. The summed E-state index contributed by atoms with van der Waals surface area (Å²) in [6.45, 7) is 4.02. The van der Waals surface area contributed by atoms with Gasteiger partial charge in [0.15, 0.2) is 5.78 Å². The highest BCUT2D eigenvalue weighted by Crippen LogP contribution is 2.17. The van der Waals surface area contributed by atoms with Crippen molar-refractivity contribution < 1.29 is 9.18 Å². The minimum absolute atomic E-state index is 0.166. The molecule has 0 aliphatic rings. The molecule has 0 radical (unpaired) electrons. The van der Waals surface area contributed by atoms with Crippen LogP contribution in [0.5, 0.6) is 0 Å². The highest BCUT2D eigenvalue weighted by molar-refractivity contribution is 6.01. The van der Waals surface area contributed by atoms with Crippen molar-refractivity contribution in [1.29, 1.82) is 0 Å². The van der Waals surface area contributed by atoms with Crippen LogP contribution in [0.15, 0.2) is 36.4 Å². The van der Waals surface area contributed by atoms with Crippen molar-refractivity contribution in [2.45, 2.75) is 20.3 Å². The Balaban J connectivity index is 2.25. The van der Waals surface area contributed by atoms with E-state index in [0.717, 1.165) is 11.1 Å². The fourth-order valence-corrected chi connectivity index (χ4v) is 1.96. The summed E-state index contributed by atoms with van der Waals surface area (Å²) in [4.78, 5) is 12.1. The number of rotatable bonds is 3. The van der Waals surface area contributed by atoms with E-state index in [1.165, 1.54) is 23.8 Å². The molecule has 2 rings (SSSR count). The number of hydrogen-bond donors (Lipinski definition) is 1. The van der Waals surface area contributed by atoms with E-state index in [2.05, 4.69) is 0 Å². The van der Waals surface area contributed by atoms with Gasteiger partial charge in [-0.3, -0.25) is 4.79 Å². The molecule has 0 aromatic heterocycles. The van der Waals surface area contributed by atoms with Crippen molar-refractivity contribution in [2.24, 2.45) is 0 Å². The molecule has 0 amide bonds. The zero-order valence-electron chi connectivity index (χ0n) is 11.0. The third-order valence-electron chi connectivity index (χ3n) is 3.25. The first kappa shape index (κ1) is 13.3. The van der Waals surface area contributed by atoms with Crippen LogP contribution in [0.25, 0.3) is 0 Å². The van der Waals surface area contributed by atoms with E-state index in [4.69, 9.17) is 5.73 Å². The van der Waals surface area contributed by atoms with Crippen LogP contribution in [0.2, 0.25) is 0 Å². The molecule has 0 saturated heterocycles. The largest absolute Gasteiger partial charge is 0.398 e. The van der Waals surface area contributed by atoms with E-state index in [1.807, 2.05) is 32.0 Å². The van der Waals surface area contributed by atoms with Crippen molar-refractivity contribution in [3.8, 4) is 0 Å². The number of Topliss-reactive ketones (excluding diaryl/α,β-unsaturated/α-hetero) is 1. The molecular formula is C16H16FNO. The second kappa shape index (κ2) is 5.22. The zero-order valence-corrected chi connectivity index (χ0v) is 11.0. The predicted octanol–water partition coefficient (Wildman–Crippen LogP) is 3.45. The zero-order chi connectivity index (χ0) is 14.0. The molecular weight excluding hydrogens is 241 g/mol. The Morgan fingerprint density at radius 3 is 2.53 bits per heavy atom. The van der Waals surface area contributed by atoms with Crippen LogP contribution in [0.3, 0.4) is 0 Å². The fourth-order valence-electron chi connectivity index (χ4n) is 1.96. The van der Waals surface area contributed by atoms with Crippen molar-refractivity contribution in [2.75, 3.05) is 5.73 Å². The standard InChI is InChI=1S/C16H16FNO/c1-10-3-4-12(7-11(10)2)8-16(19)14-9-13(17)5-6-15(14)18/h3-7,9H,8,18H2,1-2H3. The predicted molar refractivity (Wildman–Crippen MR) is 74.8 cm³/mol. The summed E-state index contributed by atoms with van der Waals surface area (Å²) >= 11 is 0. The first-order chi connectivity index (χ1) is 8.97. The van der Waals surface area contributed by atoms with Gasteiger partial charge in [-0.2, -0.15) is 0 Å². The van der Waals surface area contributed by atoms with Crippen molar-refractivity contribution >= 4 is 11.5 Å². The van der Waals surface area contributed by atoms with E-state index >= 15 is 0 Å². The number of nitrogen functional groups attached to an aromatic ring is 1. The van der Waals surface area contributed by atoms with Crippen LogP contribution in [0.4, 0.5) is 10.1 Å². The number of carbonyl (C=O) groups excluding carboxylic acids is 1. The fraction of sp³-hybridized carbons (Fsp3) is 0.188. The lowest BCUT2D eigenvalue weighted by molar-refractivity contribution is 0.0993. The summed E-state index contributed by atoms with van der Waals surface area (Å²) < 4.78 is 13.2. The number of nitrogens with two attached hydrogens (primary N) is 1. The molecule has 0 saturated carbocycles. The first-order valence-electron chi connectivity index (χ1n) is 6.11. The van der Waals surface area contributed by atoms with E-state index in [0.29, 0.717) is 5.69 Å². The summed E-state index contributed by atoms with van der Waals surface area (Å²) in [6, 6.07) is 9.73. The number of ketones is 1. The highest BCUT2D eigenvalue weighted by Gasteiger charge is 2.12. The Hall–Kier alpha value is -2.16. The van der Waals surface area contributed by atoms with Gasteiger partial charge in [0.25, 0.3) is 0 Å². The molecule has 0 aliphatic heterocycles. The van der Waals surface area contributed by atoms with Gasteiger partial charge < -0.3 is 5.73 Å². The highest BCUT2D eigenvalue weighted by atomic mass is 19.1. The van der Waals surface area contributed by atoms with Gasteiger partial charge in [0.1, 0.15) is 5.82 Å². The van der Waals surface area contributed by atoms with Gasteiger partial charge in [-0.25, -0.2) is 4.39 Å². The summed E-state index contributed by atoms with van der Waals surface area (Å²) in [6.07, 6.45) is 0.231. The Morgan fingerprint density at radius 1 is 1.11 bits per heavy atom. The summed E-state index contributed by atoms with van der Waals surface area (Å²) in [7, 11) is 0. The maximum absolute atomic E-state index is 13.2. The normalized spacial score (nSPS) is 10.5. The summed E-state index contributed by atoms with van der Waals surface area (Å²) in [5.41, 5.74) is 9.51. The number of anilines is 1. The van der Waals surface area contributed by atoms with Crippen LogP contribution >= 0.6 is 0 Å². The summed E-state index contributed by atoms with van der Waals surface area (Å²) in [5.74, 6) is -0.613. The monoisotopic (exact) mass is 257 g/mol. The van der Waals surface area contributed by atoms with Crippen LogP contribution in [0.1, 0.15) is 27.0 Å². The number of carbonyl (C=O) groups is 1. The number of aryl methyl sites for hydroxylation is 2.